The van der Waals surface area contributed by atoms with Crippen LogP contribution in [0.5, 0.6) is 17.4 Å². The second-order valence-electron chi connectivity index (χ2n) is 5.61. The van der Waals surface area contributed by atoms with Gasteiger partial charge in [-0.05, 0) is 37.5 Å². The van der Waals surface area contributed by atoms with Crippen LogP contribution in [0.1, 0.15) is 31.4 Å². The van der Waals surface area contributed by atoms with Crippen molar-refractivity contribution in [3.8, 4) is 17.4 Å². The first kappa shape index (κ1) is 14.1. The van der Waals surface area contributed by atoms with E-state index >= 15 is 0 Å². The van der Waals surface area contributed by atoms with E-state index in [2.05, 4.69) is 27.0 Å². The molecule has 1 aromatic heterocycles. The Hall–Kier alpha value is -2.50. The molecule has 6 heteroatoms. The summed E-state index contributed by atoms with van der Waals surface area (Å²) in [7, 11) is 0. The van der Waals surface area contributed by atoms with Crippen molar-refractivity contribution in [2.75, 3.05) is 24.8 Å². The zero-order chi connectivity index (χ0) is 15.6. The molecule has 2 aromatic rings. The number of benzene rings is 1. The van der Waals surface area contributed by atoms with Crippen LogP contribution in [0.4, 0.5) is 5.82 Å². The summed E-state index contributed by atoms with van der Waals surface area (Å²) in [6, 6.07) is 8.37. The Bertz CT molecular complexity index is 707. The Balaban J connectivity index is 1.62. The van der Waals surface area contributed by atoms with Gasteiger partial charge in [0.1, 0.15) is 12.1 Å². The predicted octanol–water partition coefficient (Wildman–Crippen LogP) is 2.95. The molecule has 4 rings (SSSR count). The van der Waals surface area contributed by atoms with Crippen molar-refractivity contribution >= 4 is 5.82 Å². The van der Waals surface area contributed by atoms with E-state index < -0.39 is 0 Å². The number of nitrogens with zero attached hydrogens (tertiary/aromatic N) is 3. The minimum atomic E-state index is 0.286. The Kier molecular flexibility index (Phi) is 3.65. The van der Waals surface area contributed by atoms with E-state index in [1.54, 1.807) is 6.33 Å². The summed E-state index contributed by atoms with van der Waals surface area (Å²) in [5.41, 5.74) is 1.23. The maximum Gasteiger partial charge on any atom is 0.231 e. The van der Waals surface area contributed by atoms with Crippen LogP contribution in [0, 0.1) is 0 Å². The molecule has 1 atom stereocenters. The fourth-order valence-corrected chi connectivity index (χ4v) is 3.22. The van der Waals surface area contributed by atoms with Gasteiger partial charge >= 0.3 is 0 Å². The van der Waals surface area contributed by atoms with E-state index in [-0.39, 0.29) is 6.04 Å². The van der Waals surface area contributed by atoms with Gasteiger partial charge in [-0.15, -0.1) is 0 Å². The van der Waals surface area contributed by atoms with Gasteiger partial charge in [-0.3, -0.25) is 0 Å². The van der Waals surface area contributed by atoms with Crippen LogP contribution in [0.25, 0.3) is 0 Å². The molecule has 2 aliphatic heterocycles. The Labute approximate surface area is 135 Å². The summed E-state index contributed by atoms with van der Waals surface area (Å²) in [6.07, 6.45) is 3.79. The summed E-state index contributed by atoms with van der Waals surface area (Å²) < 4.78 is 16.4. The van der Waals surface area contributed by atoms with Crippen LogP contribution in [0.15, 0.2) is 30.6 Å². The predicted molar refractivity (Wildman–Crippen MR) is 85.1 cm³/mol. The molecule has 0 bridgehead atoms. The molecule has 23 heavy (non-hydrogen) atoms. The smallest absolute Gasteiger partial charge is 0.231 e. The Morgan fingerprint density at radius 1 is 1.22 bits per heavy atom. The van der Waals surface area contributed by atoms with E-state index in [9.17, 15) is 0 Å². The van der Waals surface area contributed by atoms with Crippen LogP contribution in [0.3, 0.4) is 0 Å². The van der Waals surface area contributed by atoms with Crippen LogP contribution in [-0.2, 0) is 0 Å². The van der Waals surface area contributed by atoms with E-state index in [1.165, 1.54) is 5.56 Å². The first-order valence-corrected chi connectivity index (χ1v) is 7.96. The quantitative estimate of drug-likeness (QED) is 0.865. The Morgan fingerprint density at radius 3 is 3.04 bits per heavy atom. The van der Waals surface area contributed by atoms with Crippen LogP contribution < -0.4 is 19.1 Å². The van der Waals surface area contributed by atoms with Crippen molar-refractivity contribution in [2.45, 2.75) is 25.8 Å². The van der Waals surface area contributed by atoms with Crippen molar-refractivity contribution in [1.82, 2.24) is 9.97 Å². The molecule has 0 N–H and O–H groups in total. The van der Waals surface area contributed by atoms with E-state index in [4.69, 9.17) is 14.2 Å². The van der Waals surface area contributed by atoms with E-state index in [0.29, 0.717) is 19.3 Å². The van der Waals surface area contributed by atoms with Gasteiger partial charge in [-0.2, -0.15) is 0 Å². The van der Waals surface area contributed by atoms with Gasteiger partial charge in [-0.25, -0.2) is 9.97 Å². The highest BCUT2D eigenvalue weighted by Crippen LogP contribution is 2.40. The molecule has 0 radical (unpaired) electrons. The van der Waals surface area contributed by atoms with Crippen LogP contribution >= 0.6 is 0 Å². The van der Waals surface area contributed by atoms with Gasteiger partial charge < -0.3 is 19.1 Å². The molecule has 1 unspecified atom stereocenters. The SMILES string of the molecule is CCOc1cc(N2CCCC2c2ccc3c(c2)OCO3)ncn1. The van der Waals surface area contributed by atoms with Crippen molar-refractivity contribution in [2.24, 2.45) is 0 Å². The summed E-state index contributed by atoms with van der Waals surface area (Å²) in [4.78, 5) is 10.9. The lowest BCUT2D eigenvalue weighted by Crippen LogP contribution is -2.23. The number of rotatable bonds is 4. The number of hydrogen-bond acceptors (Lipinski definition) is 6. The zero-order valence-corrected chi connectivity index (χ0v) is 13.1. The van der Waals surface area contributed by atoms with Gasteiger partial charge in [0, 0.05) is 12.6 Å². The van der Waals surface area contributed by atoms with Crippen molar-refractivity contribution in [3.63, 3.8) is 0 Å². The fraction of sp³-hybridized carbons (Fsp3) is 0.412. The number of anilines is 1. The number of fused-ring (bicyclic) bond motifs is 1. The minimum Gasteiger partial charge on any atom is -0.478 e. The third-order valence-corrected chi connectivity index (χ3v) is 4.25. The largest absolute Gasteiger partial charge is 0.478 e. The van der Waals surface area contributed by atoms with Gasteiger partial charge in [0.25, 0.3) is 0 Å². The zero-order valence-electron chi connectivity index (χ0n) is 13.1. The van der Waals surface area contributed by atoms with Crippen LogP contribution in [-0.4, -0.2) is 29.9 Å². The second kappa shape index (κ2) is 5.95. The monoisotopic (exact) mass is 313 g/mol. The van der Waals surface area contributed by atoms with Crippen molar-refractivity contribution < 1.29 is 14.2 Å². The molecule has 6 nitrogen and oxygen atoms in total. The molecular weight excluding hydrogens is 294 g/mol. The average Bonchev–Trinajstić information content (AvgIpc) is 3.24. The Morgan fingerprint density at radius 2 is 2.13 bits per heavy atom. The lowest BCUT2D eigenvalue weighted by molar-refractivity contribution is 0.174. The third-order valence-electron chi connectivity index (χ3n) is 4.25. The molecule has 0 spiro atoms. The molecule has 2 aliphatic rings. The first-order chi connectivity index (χ1) is 11.3. The number of aromatic nitrogens is 2. The fourth-order valence-electron chi connectivity index (χ4n) is 3.22. The van der Waals surface area contributed by atoms with Gasteiger partial charge in [-0.1, -0.05) is 6.07 Å². The highest BCUT2D eigenvalue weighted by Gasteiger charge is 2.29. The lowest BCUT2D eigenvalue weighted by Gasteiger charge is -2.26. The van der Waals surface area contributed by atoms with Crippen LogP contribution in [0.2, 0.25) is 0 Å². The maximum atomic E-state index is 5.50. The molecule has 3 heterocycles. The summed E-state index contributed by atoms with van der Waals surface area (Å²) >= 11 is 0. The molecule has 120 valence electrons. The molecule has 0 aliphatic carbocycles. The normalized spacial score (nSPS) is 19.2. The molecular formula is C17H19N3O3. The molecule has 0 amide bonds. The van der Waals surface area contributed by atoms with E-state index in [1.807, 2.05) is 19.1 Å². The van der Waals surface area contributed by atoms with Gasteiger partial charge in [0.2, 0.25) is 12.7 Å². The standard InChI is InChI=1S/C17H19N3O3/c1-2-21-17-9-16(18-10-19-17)20-7-3-4-13(20)12-5-6-14-15(8-12)23-11-22-14/h5-6,8-10,13H,2-4,7,11H2,1H3. The third kappa shape index (κ3) is 2.65. The maximum absolute atomic E-state index is 5.50. The second-order valence-corrected chi connectivity index (χ2v) is 5.61. The molecule has 1 saturated heterocycles. The van der Waals surface area contributed by atoms with Gasteiger partial charge in [0.15, 0.2) is 11.5 Å². The highest BCUT2D eigenvalue weighted by atomic mass is 16.7. The molecule has 0 saturated carbocycles. The highest BCUT2D eigenvalue weighted by molar-refractivity contribution is 5.50. The molecule has 1 fully saturated rings. The number of ether oxygens (including phenoxy) is 3. The first-order valence-electron chi connectivity index (χ1n) is 7.96. The lowest BCUT2D eigenvalue weighted by atomic mass is 10.0. The minimum absolute atomic E-state index is 0.286. The molecule has 1 aromatic carbocycles. The van der Waals surface area contributed by atoms with E-state index in [0.717, 1.165) is 36.7 Å². The van der Waals surface area contributed by atoms with Gasteiger partial charge in [0.05, 0.1) is 12.6 Å². The van der Waals surface area contributed by atoms with Crippen molar-refractivity contribution in [1.29, 1.82) is 0 Å². The number of hydrogen-bond donors (Lipinski definition) is 0. The summed E-state index contributed by atoms with van der Waals surface area (Å²) in [5, 5.41) is 0. The summed E-state index contributed by atoms with van der Waals surface area (Å²) in [6.45, 7) is 3.83. The average molecular weight is 313 g/mol. The topological polar surface area (TPSA) is 56.7 Å². The van der Waals surface area contributed by atoms with Crippen molar-refractivity contribution in [3.05, 3.63) is 36.2 Å². The summed E-state index contributed by atoms with van der Waals surface area (Å²) in [5.74, 6) is 3.17.